The first-order valence-corrected chi connectivity index (χ1v) is 6.27. The van der Waals surface area contributed by atoms with Crippen LogP contribution in [-0.2, 0) is 0 Å². The third-order valence-corrected chi connectivity index (χ3v) is 2.94. The summed E-state index contributed by atoms with van der Waals surface area (Å²) in [7, 11) is 0. The number of hydrazine groups is 1. The van der Waals surface area contributed by atoms with Crippen LogP contribution in [-0.4, -0.2) is 5.96 Å². The number of benzene rings is 2. The smallest absolute Gasteiger partial charge is 0.215 e. The van der Waals surface area contributed by atoms with Crippen molar-refractivity contribution in [3.63, 3.8) is 0 Å². The van der Waals surface area contributed by atoms with E-state index in [1.165, 1.54) is 0 Å². The van der Waals surface area contributed by atoms with E-state index in [0.29, 0.717) is 21.7 Å². The number of rotatable bonds is 2. The molecule has 0 aliphatic carbocycles. The zero-order valence-electron chi connectivity index (χ0n) is 9.90. The summed E-state index contributed by atoms with van der Waals surface area (Å²) in [5.74, 6) is 5.79. The van der Waals surface area contributed by atoms with Crippen molar-refractivity contribution in [2.75, 3.05) is 5.32 Å². The molecule has 0 heterocycles. The Balaban J connectivity index is 2.29. The minimum Gasteiger partial charge on any atom is -0.325 e. The van der Waals surface area contributed by atoms with E-state index in [-0.39, 0.29) is 0 Å². The summed E-state index contributed by atoms with van der Waals surface area (Å²) in [5, 5.41) is 3.94. The van der Waals surface area contributed by atoms with Crippen molar-refractivity contribution >= 4 is 40.5 Å². The minimum absolute atomic E-state index is 0.348. The van der Waals surface area contributed by atoms with Crippen molar-refractivity contribution in [1.29, 1.82) is 0 Å². The van der Waals surface area contributed by atoms with Gasteiger partial charge in [-0.25, -0.2) is 10.8 Å². The summed E-state index contributed by atoms with van der Waals surface area (Å²) < 4.78 is 0. The normalized spacial score (nSPS) is 11.2. The highest BCUT2D eigenvalue weighted by Crippen LogP contribution is 2.32. The predicted octanol–water partition coefficient (Wildman–Crippen LogP) is 3.56. The van der Waals surface area contributed by atoms with Crippen molar-refractivity contribution in [3.05, 3.63) is 58.6 Å². The molecule has 2 rings (SSSR count). The van der Waals surface area contributed by atoms with Crippen molar-refractivity contribution in [2.24, 2.45) is 10.8 Å². The Morgan fingerprint density at radius 2 is 1.58 bits per heavy atom. The largest absolute Gasteiger partial charge is 0.325 e. The third-order valence-electron chi connectivity index (χ3n) is 2.33. The maximum Gasteiger partial charge on any atom is 0.215 e. The number of nitrogens with two attached hydrogens (primary N) is 1. The highest BCUT2D eigenvalue weighted by atomic mass is 35.5. The number of nitrogens with one attached hydrogen (secondary N) is 2. The number of halogens is 2. The highest BCUT2D eigenvalue weighted by molar-refractivity contribution is 6.38. The first-order valence-electron chi connectivity index (χ1n) is 5.52. The fourth-order valence-corrected chi connectivity index (χ4v) is 1.94. The van der Waals surface area contributed by atoms with E-state index in [1.807, 2.05) is 30.3 Å². The summed E-state index contributed by atoms with van der Waals surface area (Å²) in [6, 6.07) is 14.7. The van der Waals surface area contributed by atoms with E-state index in [4.69, 9.17) is 29.0 Å². The van der Waals surface area contributed by atoms with Crippen LogP contribution in [0.1, 0.15) is 0 Å². The Bertz CT molecular complexity index is 564. The van der Waals surface area contributed by atoms with Crippen LogP contribution >= 0.6 is 23.2 Å². The van der Waals surface area contributed by atoms with Crippen molar-refractivity contribution in [2.45, 2.75) is 0 Å². The highest BCUT2D eigenvalue weighted by Gasteiger charge is 2.06. The second kappa shape index (κ2) is 6.43. The molecule has 2 aromatic rings. The van der Waals surface area contributed by atoms with E-state index in [2.05, 4.69) is 15.7 Å². The number of hydrogen-bond donors (Lipinski definition) is 3. The minimum atomic E-state index is 0.348. The lowest BCUT2D eigenvalue weighted by Crippen LogP contribution is -2.35. The van der Waals surface area contributed by atoms with Crippen LogP contribution < -0.4 is 16.6 Å². The van der Waals surface area contributed by atoms with Crippen LogP contribution in [0.25, 0.3) is 0 Å². The molecule has 0 spiro atoms. The van der Waals surface area contributed by atoms with Gasteiger partial charge < -0.3 is 5.32 Å². The fraction of sp³-hybridized carbons (Fsp3) is 0. The van der Waals surface area contributed by atoms with Gasteiger partial charge in [0.05, 0.1) is 10.0 Å². The fourth-order valence-electron chi connectivity index (χ4n) is 1.46. The number of anilines is 1. The quantitative estimate of drug-likeness (QED) is 0.343. The molecule has 0 fully saturated rings. The molecule has 0 saturated carbocycles. The van der Waals surface area contributed by atoms with E-state index < -0.39 is 0 Å². The average molecular weight is 295 g/mol. The predicted molar refractivity (Wildman–Crippen MR) is 80.9 cm³/mol. The molecule has 2 aromatic carbocycles. The Morgan fingerprint density at radius 1 is 0.947 bits per heavy atom. The molecule has 0 unspecified atom stereocenters. The van der Waals surface area contributed by atoms with Crippen molar-refractivity contribution < 1.29 is 0 Å². The number of hydrogen-bond acceptors (Lipinski definition) is 2. The zero-order valence-corrected chi connectivity index (χ0v) is 11.4. The van der Waals surface area contributed by atoms with Crippen LogP contribution in [0.5, 0.6) is 0 Å². The van der Waals surface area contributed by atoms with Gasteiger partial charge in [0, 0.05) is 5.69 Å². The standard InChI is InChI=1S/C13H12Cl2N4/c14-10-7-4-8-11(15)12(10)18-13(19-16)17-9-5-2-1-3-6-9/h1-8H,16H2,(H2,17,18,19). The molecule has 0 aliphatic heterocycles. The molecule has 19 heavy (non-hydrogen) atoms. The van der Waals surface area contributed by atoms with Gasteiger partial charge >= 0.3 is 0 Å². The lowest BCUT2D eigenvalue weighted by molar-refractivity contribution is 1.02. The molecule has 0 amide bonds. The molecule has 0 aromatic heterocycles. The van der Waals surface area contributed by atoms with Crippen LogP contribution in [0.3, 0.4) is 0 Å². The molecule has 6 heteroatoms. The maximum absolute atomic E-state index is 6.05. The first kappa shape index (κ1) is 13.7. The number of aliphatic imine (C=N–C) groups is 1. The van der Waals surface area contributed by atoms with Gasteiger partial charge in [0.15, 0.2) is 0 Å². The van der Waals surface area contributed by atoms with Gasteiger partial charge in [-0.15, -0.1) is 0 Å². The molecule has 0 bridgehead atoms. The molecule has 0 saturated heterocycles. The van der Waals surface area contributed by atoms with Crippen LogP contribution in [0.2, 0.25) is 10.0 Å². The third kappa shape index (κ3) is 3.61. The zero-order chi connectivity index (χ0) is 13.7. The summed E-state index contributed by atoms with van der Waals surface area (Å²) in [6.45, 7) is 0. The summed E-state index contributed by atoms with van der Waals surface area (Å²) in [6.07, 6.45) is 0. The second-order valence-corrected chi connectivity index (χ2v) is 4.48. The second-order valence-electron chi connectivity index (χ2n) is 3.67. The van der Waals surface area contributed by atoms with Crippen molar-refractivity contribution in [3.8, 4) is 0 Å². The van der Waals surface area contributed by atoms with Gasteiger partial charge in [-0.1, -0.05) is 47.5 Å². The number of guanidine groups is 1. The van der Waals surface area contributed by atoms with Crippen molar-refractivity contribution in [1.82, 2.24) is 5.43 Å². The van der Waals surface area contributed by atoms with Gasteiger partial charge in [-0.2, -0.15) is 0 Å². The molecule has 4 N–H and O–H groups in total. The van der Waals surface area contributed by atoms with Gasteiger partial charge in [0.2, 0.25) is 5.96 Å². The SMILES string of the molecule is NNC(=Nc1c(Cl)cccc1Cl)Nc1ccccc1. The molecular weight excluding hydrogens is 283 g/mol. The summed E-state index contributed by atoms with van der Waals surface area (Å²) in [4.78, 5) is 4.28. The van der Waals surface area contributed by atoms with E-state index in [1.54, 1.807) is 18.2 Å². The Hall–Kier alpha value is -1.75. The van der Waals surface area contributed by atoms with Crippen LogP contribution in [0.15, 0.2) is 53.5 Å². The summed E-state index contributed by atoms with van der Waals surface area (Å²) in [5.41, 5.74) is 3.78. The average Bonchev–Trinajstić information content (AvgIpc) is 2.43. The molecule has 0 aliphatic rings. The van der Waals surface area contributed by atoms with Gasteiger partial charge in [0.25, 0.3) is 0 Å². The molecule has 98 valence electrons. The van der Waals surface area contributed by atoms with Gasteiger partial charge in [-0.3, -0.25) is 5.43 Å². The Morgan fingerprint density at radius 3 is 2.16 bits per heavy atom. The topological polar surface area (TPSA) is 62.4 Å². The maximum atomic E-state index is 6.05. The lowest BCUT2D eigenvalue weighted by atomic mass is 10.3. The first-order chi connectivity index (χ1) is 9.20. The van der Waals surface area contributed by atoms with Crippen LogP contribution in [0, 0.1) is 0 Å². The number of para-hydroxylation sites is 2. The Kier molecular flexibility index (Phi) is 4.63. The molecule has 4 nitrogen and oxygen atoms in total. The summed E-state index contributed by atoms with van der Waals surface area (Å²) >= 11 is 12.1. The molecule has 0 atom stereocenters. The number of nitrogens with zero attached hydrogens (tertiary/aromatic N) is 1. The van der Waals surface area contributed by atoms with E-state index in [0.717, 1.165) is 5.69 Å². The monoisotopic (exact) mass is 294 g/mol. The van der Waals surface area contributed by atoms with E-state index >= 15 is 0 Å². The van der Waals surface area contributed by atoms with Gasteiger partial charge in [0.1, 0.15) is 5.69 Å². The molecule has 0 radical (unpaired) electrons. The lowest BCUT2D eigenvalue weighted by Gasteiger charge is -2.10. The van der Waals surface area contributed by atoms with E-state index in [9.17, 15) is 0 Å². The molecular formula is C13H12Cl2N4. The van der Waals surface area contributed by atoms with Crippen LogP contribution in [0.4, 0.5) is 11.4 Å². The Labute approximate surface area is 121 Å². The van der Waals surface area contributed by atoms with Gasteiger partial charge in [-0.05, 0) is 24.3 Å².